The molecule has 1 atom stereocenters. The van der Waals surface area contributed by atoms with Gasteiger partial charge >= 0.3 is 0 Å². The molecule has 2 rings (SSSR count). The molecule has 0 spiro atoms. The van der Waals surface area contributed by atoms with Gasteiger partial charge in [-0.1, -0.05) is 23.7 Å². The van der Waals surface area contributed by atoms with Crippen molar-refractivity contribution in [2.24, 2.45) is 0 Å². The van der Waals surface area contributed by atoms with Crippen LogP contribution in [0.5, 0.6) is 0 Å². The minimum Gasteiger partial charge on any atom is -0.468 e. The maximum absolute atomic E-state index is 11.8. The van der Waals surface area contributed by atoms with Gasteiger partial charge in [-0.2, -0.15) is 0 Å². The van der Waals surface area contributed by atoms with Crippen LogP contribution in [0.4, 0.5) is 0 Å². The average Bonchev–Trinajstić information content (AvgIpc) is 2.92. The standard InChI is InChI=1S/C15H16ClNO2S/c1-11(12-4-6-13(16)7-5-12)17-15(18)10-20-9-14-3-2-8-19-14/h2-8,11H,9-10H2,1H3,(H,17,18). The van der Waals surface area contributed by atoms with Crippen LogP contribution in [-0.2, 0) is 10.5 Å². The number of rotatable bonds is 6. The van der Waals surface area contributed by atoms with Gasteiger partial charge in [-0.15, -0.1) is 11.8 Å². The Kier molecular flexibility index (Phi) is 5.56. The van der Waals surface area contributed by atoms with E-state index in [0.717, 1.165) is 11.3 Å². The number of furan rings is 1. The summed E-state index contributed by atoms with van der Waals surface area (Å²) in [7, 11) is 0. The molecule has 20 heavy (non-hydrogen) atoms. The molecule has 0 saturated heterocycles. The minimum absolute atomic E-state index is 0.0176. The predicted octanol–water partition coefficient (Wildman–Crippen LogP) is 4.04. The van der Waals surface area contributed by atoms with Crippen molar-refractivity contribution in [1.82, 2.24) is 5.32 Å². The summed E-state index contributed by atoms with van der Waals surface area (Å²) in [5.74, 6) is 2.02. The Morgan fingerprint density at radius 1 is 1.35 bits per heavy atom. The van der Waals surface area contributed by atoms with Crippen molar-refractivity contribution < 1.29 is 9.21 Å². The first-order valence-electron chi connectivity index (χ1n) is 6.30. The summed E-state index contributed by atoms with van der Waals surface area (Å²) in [5, 5.41) is 3.66. The smallest absolute Gasteiger partial charge is 0.230 e. The Hall–Kier alpha value is -1.39. The van der Waals surface area contributed by atoms with Crippen LogP contribution in [0, 0.1) is 0 Å². The summed E-state index contributed by atoms with van der Waals surface area (Å²) >= 11 is 7.37. The third-order valence-electron chi connectivity index (χ3n) is 2.81. The lowest BCUT2D eigenvalue weighted by Gasteiger charge is -2.14. The molecule has 1 heterocycles. The number of amides is 1. The van der Waals surface area contributed by atoms with E-state index in [1.165, 1.54) is 11.8 Å². The summed E-state index contributed by atoms with van der Waals surface area (Å²) in [6.45, 7) is 1.96. The summed E-state index contributed by atoms with van der Waals surface area (Å²) in [6, 6.07) is 11.2. The van der Waals surface area contributed by atoms with Gasteiger partial charge < -0.3 is 9.73 Å². The monoisotopic (exact) mass is 309 g/mol. The third-order valence-corrected chi connectivity index (χ3v) is 4.01. The molecule has 1 unspecified atom stereocenters. The van der Waals surface area contributed by atoms with E-state index in [1.54, 1.807) is 6.26 Å². The predicted molar refractivity (Wildman–Crippen MR) is 82.9 cm³/mol. The Labute approximate surface area is 127 Å². The van der Waals surface area contributed by atoms with E-state index in [1.807, 2.05) is 43.3 Å². The number of halogens is 1. The van der Waals surface area contributed by atoms with Crippen LogP contribution in [0.25, 0.3) is 0 Å². The number of hydrogen-bond acceptors (Lipinski definition) is 3. The minimum atomic E-state index is -0.0241. The van der Waals surface area contributed by atoms with Gasteiger partial charge in [-0.25, -0.2) is 0 Å². The topological polar surface area (TPSA) is 42.2 Å². The van der Waals surface area contributed by atoms with E-state index < -0.39 is 0 Å². The van der Waals surface area contributed by atoms with E-state index in [9.17, 15) is 4.79 Å². The molecule has 0 aliphatic carbocycles. The van der Waals surface area contributed by atoms with Gasteiger partial charge in [0.1, 0.15) is 5.76 Å². The summed E-state index contributed by atoms with van der Waals surface area (Å²) < 4.78 is 5.21. The quantitative estimate of drug-likeness (QED) is 0.875. The highest BCUT2D eigenvalue weighted by molar-refractivity contribution is 7.99. The fourth-order valence-electron chi connectivity index (χ4n) is 1.76. The second kappa shape index (κ2) is 7.41. The fourth-order valence-corrected chi connectivity index (χ4v) is 2.62. The molecular weight excluding hydrogens is 294 g/mol. The number of nitrogens with one attached hydrogen (secondary N) is 1. The molecular formula is C15H16ClNO2S. The van der Waals surface area contributed by atoms with Gasteiger partial charge in [0.15, 0.2) is 0 Å². The van der Waals surface area contributed by atoms with Crippen molar-refractivity contribution in [2.75, 3.05) is 5.75 Å². The summed E-state index contributed by atoms with van der Waals surface area (Å²) in [4.78, 5) is 11.8. The van der Waals surface area contributed by atoms with Crippen LogP contribution < -0.4 is 5.32 Å². The Morgan fingerprint density at radius 2 is 2.10 bits per heavy atom. The van der Waals surface area contributed by atoms with Gasteiger partial charge in [0.2, 0.25) is 5.91 Å². The summed E-state index contributed by atoms with van der Waals surface area (Å²) in [5.41, 5.74) is 1.04. The second-order valence-electron chi connectivity index (χ2n) is 4.41. The van der Waals surface area contributed by atoms with Gasteiger partial charge in [0, 0.05) is 5.02 Å². The molecule has 0 aliphatic rings. The SMILES string of the molecule is CC(NC(=O)CSCc1ccco1)c1ccc(Cl)cc1. The van der Waals surface area contributed by atoms with Gasteiger partial charge in [0.25, 0.3) is 0 Å². The molecule has 1 aromatic heterocycles. The first-order valence-corrected chi connectivity index (χ1v) is 7.83. The molecule has 0 fully saturated rings. The van der Waals surface area contributed by atoms with E-state index in [-0.39, 0.29) is 11.9 Å². The van der Waals surface area contributed by atoms with E-state index >= 15 is 0 Å². The van der Waals surface area contributed by atoms with Crippen molar-refractivity contribution in [3.63, 3.8) is 0 Å². The molecule has 1 N–H and O–H groups in total. The van der Waals surface area contributed by atoms with E-state index in [2.05, 4.69) is 5.32 Å². The maximum Gasteiger partial charge on any atom is 0.230 e. The average molecular weight is 310 g/mol. The molecule has 0 bridgehead atoms. The number of benzene rings is 1. The molecule has 0 aliphatic heterocycles. The molecule has 0 saturated carbocycles. The lowest BCUT2D eigenvalue weighted by molar-refractivity contribution is -0.119. The largest absolute Gasteiger partial charge is 0.468 e. The van der Waals surface area contributed by atoms with Crippen LogP contribution in [-0.4, -0.2) is 11.7 Å². The van der Waals surface area contributed by atoms with Crippen molar-refractivity contribution in [2.45, 2.75) is 18.7 Å². The lowest BCUT2D eigenvalue weighted by atomic mass is 10.1. The fraction of sp³-hybridized carbons (Fsp3) is 0.267. The third kappa shape index (κ3) is 4.62. The van der Waals surface area contributed by atoms with Crippen LogP contribution in [0.1, 0.15) is 24.3 Å². The van der Waals surface area contributed by atoms with E-state index in [0.29, 0.717) is 16.5 Å². The Balaban J connectivity index is 1.74. The number of carbonyl (C=O) groups excluding carboxylic acids is 1. The zero-order valence-electron chi connectivity index (χ0n) is 11.1. The molecule has 2 aromatic rings. The van der Waals surface area contributed by atoms with Crippen molar-refractivity contribution in [1.29, 1.82) is 0 Å². The highest BCUT2D eigenvalue weighted by atomic mass is 35.5. The highest BCUT2D eigenvalue weighted by Gasteiger charge is 2.09. The number of hydrogen-bond donors (Lipinski definition) is 1. The van der Waals surface area contributed by atoms with Gasteiger partial charge in [0.05, 0.1) is 23.8 Å². The van der Waals surface area contributed by atoms with Crippen molar-refractivity contribution >= 4 is 29.3 Å². The van der Waals surface area contributed by atoms with Crippen LogP contribution >= 0.6 is 23.4 Å². The zero-order chi connectivity index (χ0) is 14.4. The molecule has 106 valence electrons. The van der Waals surface area contributed by atoms with Crippen molar-refractivity contribution in [3.05, 3.63) is 59.0 Å². The first-order chi connectivity index (χ1) is 9.65. The van der Waals surface area contributed by atoms with Crippen LogP contribution in [0.15, 0.2) is 47.1 Å². The zero-order valence-corrected chi connectivity index (χ0v) is 12.7. The van der Waals surface area contributed by atoms with Gasteiger partial charge in [-0.05, 0) is 36.8 Å². The lowest BCUT2D eigenvalue weighted by Crippen LogP contribution is -2.28. The Morgan fingerprint density at radius 3 is 2.75 bits per heavy atom. The first kappa shape index (κ1) is 15.0. The van der Waals surface area contributed by atoms with E-state index in [4.69, 9.17) is 16.0 Å². The molecule has 0 radical (unpaired) electrons. The number of thioether (sulfide) groups is 1. The number of carbonyl (C=O) groups is 1. The molecule has 5 heteroatoms. The van der Waals surface area contributed by atoms with Crippen LogP contribution in [0.2, 0.25) is 5.02 Å². The Bertz CT molecular complexity index is 540. The highest BCUT2D eigenvalue weighted by Crippen LogP contribution is 2.17. The maximum atomic E-state index is 11.8. The second-order valence-corrected chi connectivity index (χ2v) is 5.83. The molecule has 1 amide bonds. The normalized spacial score (nSPS) is 12.1. The van der Waals surface area contributed by atoms with Gasteiger partial charge in [-0.3, -0.25) is 4.79 Å². The molecule has 3 nitrogen and oxygen atoms in total. The molecule has 1 aromatic carbocycles. The summed E-state index contributed by atoms with van der Waals surface area (Å²) in [6.07, 6.45) is 1.64. The van der Waals surface area contributed by atoms with Crippen molar-refractivity contribution in [3.8, 4) is 0 Å². The van der Waals surface area contributed by atoms with Crippen LogP contribution in [0.3, 0.4) is 0 Å².